The van der Waals surface area contributed by atoms with E-state index in [1.807, 2.05) is 25.2 Å². The Bertz CT molecular complexity index is 651. The van der Waals surface area contributed by atoms with Crippen LogP contribution in [0.1, 0.15) is 36.4 Å². The molecule has 1 unspecified atom stereocenters. The zero-order valence-electron chi connectivity index (χ0n) is 13.0. The fourth-order valence-electron chi connectivity index (χ4n) is 2.44. The Morgan fingerprint density at radius 2 is 2.19 bits per heavy atom. The summed E-state index contributed by atoms with van der Waals surface area (Å²) in [6.45, 7) is 4.18. The summed E-state index contributed by atoms with van der Waals surface area (Å²) in [6.07, 6.45) is 2.03. The van der Waals surface area contributed by atoms with Crippen LogP contribution in [-0.4, -0.2) is 31.0 Å². The quantitative estimate of drug-likeness (QED) is 0.915. The van der Waals surface area contributed by atoms with Gasteiger partial charge in [-0.15, -0.1) is 11.3 Å². The van der Waals surface area contributed by atoms with Crippen molar-refractivity contribution >= 4 is 33.0 Å². The molecule has 0 fully saturated rings. The molecular formula is C16H22N2O2S. The van der Waals surface area contributed by atoms with Crippen molar-refractivity contribution in [2.75, 3.05) is 19.9 Å². The van der Waals surface area contributed by atoms with Crippen LogP contribution in [0.25, 0.3) is 10.1 Å². The highest BCUT2D eigenvalue weighted by Gasteiger charge is 2.23. The summed E-state index contributed by atoms with van der Waals surface area (Å²) in [4.78, 5) is 15.0. The van der Waals surface area contributed by atoms with E-state index in [0.717, 1.165) is 22.9 Å². The van der Waals surface area contributed by atoms with E-state index in [4.69, 9.17) is 10.5 Å². The lowest BCUT2D eigenvalue weighted by molar-refractivity contribution is 0.0742. The molecule has 0 bridgehead atoms. The largest absolute Gasteiger partial charge is 0.496 e. The van der Waals surface area contributed by atoms with Crippen molar-refractivity contribution in [2.24, 2.45) is 0 Å². The predicted molar refractivity (Wildman–Crippen MR) is 89.3 cm³/mol. The van der Waals surface area contributed by atoms with Crippen molar-refractivity contribution in [3.05, 3.63) is 23.1 Å². The molecule has 0 aliphatic heterocycles. The van der Waals surface area contributed by atoms with Gasteiger partial charge in [0.05, 0.1) is 18.2 Å². The fourth-order valence-corrected chi connectivity index (χ4v) is 3.56. The molecule has 2 N–H and O–H groups in total. The second kappa shape index (κ2) is 6.35. The van der Waals surface area contributed by atoms with Gasteiger partial charge in [-0.05, 0) is 25.5 Å². The van der Waals surface area contributed by atoms with Crippen LogP contribution >= 0.6 is 11.3 Å². The van der Waals surface area contributed by atoms with Crippen LogP contribution in [0.5, 0.6) is 5.75 Å². The lowest BCUT2D eigenvalue weighted by atomic mass is 10.1. The minimum Gasteiger partial charge on any atom is -0.496 e. The van der Waals surface area contributed by atoms with Crippen molar-refractivity contribution in [1.82, 2.24) is 4.90 Å². The van der Waals surface area contributed by atoms with E-state index >= 15 is 0 Å². The molecule has 1 aromatic heterocycles. The van der Waals surface area contributed by atoms with Crippen LogP contribution in [0.2, 0.25) is 0 Å². The molecule has 2 rings (SSSR count). The maximum Gasteiger partial charge on any atom is 0.266 e. The third kappa shape index (κ3) is 2.83. The molecule has 5 heteroatoms. The second-order valence-electron chi connectivity index (χ2n) is 5.23. The van der Waals surface area contributed by atoms with E-state index in [0.29, 0.717) is 16.3 Å². The van der Waals surface area contributed by atoms with E-state index in [2.05, 4.69) is 13.8 Å². The lowest BCUT2D eigenvalue weighted by Crippen LogP contribution is -2.34. The monoisotopic (exact) mass is 306 g/mol. The average Bonchev–Trinajstić information content (AvgIpc) is 2.83. The number of anilines is 1. The van der Waals surface area contributed by atoms with E-state index in [-0.39, 0.29) is 11.9 Å². The minimum atomic E-state index is -0.0169. The first-order chi connectivity index (χ1) is 10.0. The Morgan fingerprint density at radius 3 is 2.81 bits per heavy atom. The van der Waals surface area contributed by atoms with Gasteiger partial charge in [-0.2, -0.15) is 0 Å². The first-order valence-electron chi connectivity index (χ1n) is 7.13. The summed E-state index contributed by atoms with van der Waals surface area (Å²) in [5.74, 6) is 0.696. The van der Waals surface area contributed by atoms with Gasteiger partial charge in [-0.1, -0.05) is 19.4 Å². The zero-order valence-corrected chi connectivity index (χ0v) is 13.8. The highest BCUT2D eigenvalue weighted by molar-refractivity contribution is 7.21. The number of amides is 1. The van der Waals surface area contributed by atoms with Crippen LogP contribution in [0.4, 0.5) is 5.69 Å². The molecule has 0 aliphatic carbocycles. The molecule has 1 amide bonds. The van der Waals surface area contributed by atoms with Crippen LogP contribution in [0, 0.1) is 0 Å². The Kier molecular flexibility index (Phi) is 4.73. The van der Waals surface area contributed by atoms with Gasteiger partial charge < -0.3 is 15.4 Å². The number of ether oxygens (including phenoxy) is 1. The third-order valence-electron chi connectivity index (χ3n) is 3.82. The van der Waals surface area contributed by atoms with Crippen LogP contribution in [-0.2, 0) is 0 Å². The van der Waals surface area contributed by atoms with Gasteiger partial charge in [-0.25, -0.2) is 0 Å². The highest BCUT2D eigenvalue weighted by Crippen LogP contribution is 2.40. The first-order valence-corrected chi connectivity index (χ1v) is 7.95. The molecule has 0 saturated heterocycles. The molecule has 1 aromatic carbocycles. The smallest absolute Gasteiger partial charge is 0.266 e. The summed E-state index contributed by atoms with van der Waals surface area (Å²) < 4.78 is 6.33. The van der Waals surface area contributed by atoms with Crippen LogP contribution in [0.3, 0.4) is 0 Å². The summed E-state index contributed by atoms with van der Waals surface area (Å²) in [6, 6.07) is 5.94. The number of carbonyl (C=O) groups excluding carboxylic acids is 1. The number of nitrogens with two attached hydrogens (primary N) is 1. The summed E-state index contributed by atoms with van der Waals surface area (Å²) in [7, 11) is 3.45. The number of rotatable bonds is 5. The molecule has 0 aliphatic rings. The molecule has 1 atom stereocenters. The number of nitrogen functional groups attached to an aromatic ring is 1. The summed E-state index contributed by atoms with van der Waals surface area (Å²) >= 11 is 1.43. The van der Waals surface area contributed by atoms with E-state index < -0.39 is 0 Å². The maximum absolute atomic E-state index is 12.7. The number of benzene rings is 1. The Labute approximate surface area is 129 Å². The highest BCUT2D eigenvalue weighted by atomic mass is 32.1. The third-order valence-corrected chi connectivity index (χ3v) is 4.97. The van der Waals surface area contributed by atoms with Gasteiger partial charge >= 0.3 is 0 Å². The number of thiophene rings is 1. The molecule has 21 heavy (non-hydrogen) atoms. The second-order valence-corrected chi connectivity index (χ2v) is 6.28. The number of methoxy groups -OCH3 is 1. The van der Waals surface area contributed by atoms with E-state index in [1.54, 1.807) is 12.0 Å². The maximum atomic E-state index is 12.7. The van der Waals surface area contributed by atoms with Gasteiger partial charge in [0, 0.05) is 17.8 Å². The summed E-state index contributed by atoms with van der Waals surface area (Å²) in [5, 5.41) is 0.838. The molecule has 1 heterocycles. The standard InChI is InChI=1S/C16H22N2O2S/c1-5-7-10(2)18(3)16(19)15-14(17)13-11(20-4)8-6-9-12(13)21-15/h6,8-10H,5,7,17H2,1-4H3. The lowest BCUT2D eigenvalue weighted by Gasteiger charge is -2.24. The first kappa shape index (κ1) is 15.6. The van der Waals surface area contributed by atoms with Gasteiger partial charge in [0.15, 0.2) is 0 Å². The summed E-state index contributed by atoms with van der Waals surface area (Å²) in [5.41, 5.74) is 6.73. The SMILES string of the molecule is CCCC(C)N(C)C(=O)c1sc2cccc(OC)c2c1N. The fraction of sp³-hybridized carbons (Fsp3) is 0.438. The predicted octanol–water partition coefficient (Wildman–Crippen LogP) is 3.75. The Balaban J connectivity index is 2.43. The molecular weight excluding hydrogens is 284 g/mol. The van der Waals surface area contributed by atoms with Gasteiger partial charge in [0.1, 0.15) is 10.6 Å². The van der Waals surface area contributed by atoms with Crippen molar-refractivity contribution in [1.29, 1.82) is 0 Å². The van der Waals surface area contributed by atoms with E-state index in [1.165, 1.54) is 11.3 Å². The molecule has 4 nitrogen and oxygen atoms in total. The Morgan fingerprint density at radius 1 is 1.48 bits per heavy atom. The van der Waals surface area contributed by atoms with Crippen molar-refractivity contribution in [3.8, 4) is 5.75 Å². The van der Waals surface area contributed by atoms with Crippen LogP contribution < -0.4 is 10.5 Å². The Hall–Kier alpha value is -1.75. The molecule has 114 valence electrons. The topological polar surface area (TPSA) is 55.6 Å². The van der Waals surface area contributed by atoms with Crippen molar-refractivity contribution in [3.63, 3.8) is 0 Å². The molecule has 0 saturated carbocycles. The molecule has 2 aromatic rings. The van der Waals surface area contributed by atoms with Crippen molar-refractivity contribution < 1.29 is 9.53 Å². The van der Waals surface area contributed by atoms with Gasteiger partial charge in [-0.3, -0.25) is 4.79 Å². The normalized spacial score (nSPS) is 12.4. The number of fused-ring (bicyclic) bond motifs is 1. The minimum absolute atomic E-state index is 0.0169. The van der Waals surface area contributed by atoms with Crippen LogP contribution in [0.15, 0.2) is 18.2 Å². The average molecular weight is 306 g/mol. The van der Waals surface area contributed by atoms with Gasteiger partial charge in [0.2, 0.25) is 0 Å². The zero-order chi connectivity index (χ0) is 15.6. The molecule has 0 spiro atoms. The number of hydrogen-bond acceptors (Lipinski definition) is 4. The number of nitrogens with zero attached hydrogens (tertiary/aromatic N) is 1. The number of carbonyl (C=O) groups is 1. The van der Waals surface area contributed by atoms with E-state index in [9.17, 15) is 4.79 Å². The molecule has 0 radical (unpaired) electrons. The van der Waals surface area contributed by atoms with Gasteiger partial charge in [0.25, 0.3) is 5.91 Å². The van der Waals surface area contributed by atoms with Crippen molar-refractivity contribution in [2.45, 2.75) is 32.7 Å². The number of hydrogen-bond donors (Lipinski definition) is 1.